The van der Waals surface area contributed by atoms with Crippen LogP contribution in [0.3, 0.4) is 0 Å². The minimum atomic E-state index is 0. The van der Waals surface area contributed by atoms with Crippen LogP contribution in [0.5, 0.6) is 17.4 Å². The average molecular weight is 696 g/mol. The fourth-order valence-corrected chi connectivity index (χ4v) is 5.65. The molecule has 6 aromatic rings. The number of hydrogen-bond acceptors (Lipinski definition) is 4. The minimum Gasteiger partial charge on any atom is -0.505 e. The zero-order chi connectivity index (χ0) is 26.9. The molecule has 5 nitrogen and oxygen atoms in total. The Bertz CT molecular complexity index is 1940. The second-order valence-corrected chi connectivity index (χ2v) is 10.4. The maximum absolute atomic E-state index is 10.9. The van der Waals surface area contributed by atoms with Gasteiger partial charge in [0.25, 0.3) is 0 Å². The molecule has 39 heavy (non-hydrogen) atoms. The Hall–Kier alpha value is -3.69. The number of ether oxygens (including phenoxy) is 1. The van der Waals surface area contributed by atoms with E-state index in [0.29, 0.717) is 17.1 Å². The fraction of sp³-hybridized carbons (Fsp3) is 0.212. The second kappa shape index (κ2) is 9.80. The van der Waals surface area contributed by atoms with Crippen molar-refractivity contribution in [2.24, 2.45) is 0 Å². The maximum Gasteiger partial charge on any atom is 0.217 e. The van der Waals surface area contributed by atoms with Gasteiger partial charge in [-0.15, -0.1) is 17.5 Å². The van der Waals surface area contributed by atoms with Crippen molar-refractivity contribution in [3.8, 4) is 23.2 Å². The predicted molar refractivity (Wildman–Crippen MR) is 154 cm³/mol. The molecule has 0 atom stereocenters. The van der Waals surface area contributed by atoms with Gasteiger partial charge in [-0.2, -0.15) is 6.07 Å². The van der Waals surface area contributed by atoms with Gasteiger partial charge in [0.05, 0.1) is 0 Å². The Morgan fingerprint density at radius 1 is 0.795 bits per heavy atom. The third-order valence-corrected chi connectivity index (χ3v) is 7.71. The van der Waals surface area contributed by atoms with Crippen molar-refractivity contribution in [3.05, 3.63) is 93.7 Å². The molecule has 6 heteroatoms. The molecule has 200 valence electrons. The molecule has 0 spiro atoms. The largest absolute Gasteiger partial charge is 0.505 e. The minimum absolute atomic E-state index is 0. The van der Waals surface area contributed by atoms with Gasteiger partial charge >= 0.3 is 0 Å². The first-order valence-electron chi connectivity index (χ1n) is 12.8. The third kappa shape index (κ3) is 4.30. The molecule has 0 amide bonds. The number of aromatic hydroxyl groups is 1. The topological polar surface area (TPSA) is 60.2 Å². The summed E-state index contributed by atoms with van der Waals surface area (Å²) in [4.78, 5) is 9.42. The Morgan fingerprint density at radius 3 is 2.28 bits per heavy atom. The van der Waals surface area contributed by atoms with E-state index in [1.165, 1.54) is 16.5 Å². The monoisotopic (exact) mass is 695 g/mol. The molecule has 0 aliphatic carbocycles. The summed E-state index contributed by atoms with van der Waals surface area (Å²) < 4.78 is 8.45. The van der Waals surface area contributed by atoms with Crippen molar-refractivity contribution in [3.63, 3.8) is 0 Å². The van der Waals surface area contributed by atoms with Crippen molar-refractivity contribution < 1.29 is 30.9 Å². The number of nitrogens with zero attached hydrogens (tertiary/aromatic N) is 3. The van der Waals surface area contributed by atoms with Crippen LogP contribution in [0.1, 0.15) is 38.9 Å². The molecule has 0 saturated heterocycles. The van der Waals surface area contributed by atoms with Crippen molar-refractivity contribution >= 4 is 32.7 Å². The van der Waals surface area contributed by atoms with E-state index in [1.54, 1.807) is 0 Å². The van der Waals surface area contributed by atoms with Crippen LogP contribution in [-0.4, -0.2) is 19.6 Å². The van der Waals surface area contributed by atoms with Gasteiger partial charge in [0.15, 0.2) is 0 Å². The van der Waals surface area contributed by atoms with Crippen molar-refractivity contribution in [1.82, 2.24) is 14.5 Å². The molecule has 0 saturated carbocycles. The standard InChI is InChI=1S/C33H30N3O2.Pt/c1-17-10-11-34-28(14-17)36-26-16-24(8-9-25(26)31-19(3)12-18(2)13-27(31)36)38-29-15-20(4)30-22(6)21(5)23(7)33(37)32(30)35-29;/h8-15,37H,1-7H3;/q-1;. The van der Waals surface area contributed by atoms with Gasteiger partial charge < -0.3 is 14.4 Å². The van der Waals surface area contributed by atoms with E-state index in [9.17, 15) is 5.11 Å². The van der Waals surface area contributed by atoms with Crippen LogP contribution in [0.15, 0.2) is 48.7 Å². The molecule has 6 rings (SSSR count). The maximum atomic E-state index is 10.9. The van der Waals surface area contributed by atoms with Gasteiger partial charge in [0, 0.05) is 50.0 Å². The third-order valence-electron chi connectivity index (χ3n) is 7.71. The molecule has 3 aromatic heterocycles. The molecule has 0 unspecified atom stereocenters. The van der Waals surface area contributed by atoms with Gasteiger partial charge in [-0.05, 0) is 105 Å². The number of benzene rings is 3. The molecule has 0 radical (unpaired) electrons. The first-order chi connectivity index (χ1) is 18.1. The molecule has 0 aliphatic heterocycles. The van der Waals surface area contributed by atoms with Crippen LogP contribution in [0.4, 0.5) is 0 Å². The van der Waals surface area contributed by atoms with Crippen LogP contribution in [-0.2, 0) is 21.1 Å². The number of pyridine rings is 2. The molecular weight excluding hydrogens is 665 g/mol. The predicted octanol–water partition coefficient (Wildman–Crippen LogP) is 8.18. The molecule has 3 aromatic carbocycles. The SMILES string of the molecule is Cc1ccnc(-n2c3[c-]c(Oc4cc(C)c5c(C)c(C)c(C)c(O)c5n4)ccc3c3c(C)cc(C)cc32)c1.[Pt]. The molecule has 0 fully saturated rings. The summed E-state index contributed by atoms with van der Waals surface area (Å²) in [5.41, 5.74) is 10.1. The quantitative estimate of drug-likeness (QED) is 0.190. The summed E-state index contributed by atoms with van der Waals surface area (Å²) in [6.45, 7) is 14.4. The molecule has 1 N–H and O–H groups in total. The normalized spacial score (nSPS) is 11.4. The Balaban J connectivity index is 0.00000308. The van der Waals surface area contributed by atoms with Crippen LogP contribution >= 0.6 is 0 Å². The van der Waals surface area contributed by atoms with Gasteiger partial charge in [0.1, 0.15) is 17.1 Å². The summed E-state index contributed by atoms with van der Waals surface area (Å²) >= 11 is 0. The van der Waals surface area contributed by atoms with Crippen LogP contribution in [0.25, 0.3) is 38.5 Å². The number of phenolic OH excluding ortho intramolecular Hbond substituents is 1. The zero-order valence-corrected chi connectivity index (χ0v) is 25.4. The Labute approximate surface area is 242 Å². The first kappa shape index (κ1) is 26.9. The van der Waals surface area contributed by atoms with Crippen LogP contribution < -0.4 is 4.74 Å². The van der Waals surface area contributed by atoms with E-state index in [2.05, 4.69) is 62.6 Å². The van der Waals surface area contributed by atoms with Crippen molar-refractivity contribution in [2.75, 3.05) is 0 Å². The van der Waals surface area contributed by atoms with Crippen LogP contribution in [0, 0.1) is 54.5 Å². The van der Waals surface area contributed by atoms with E-state index in [0.717, 1.165) is 55.4 Å². The van der Waals surface area contributed by atoms with Gasteiger partial charge in [-0.1, -0.05) is 17.1 Å². The molecular formula is C33H30N3O2Pt-. The summed E-state index contributed by atoms with van der Waals surface area (Å²) in [6, 6.07) is 17.9. The van der Waals surface area contributed by atoms with E-state index in [1.807, 2.05) is 45.2 Å². The number of aromatic nitrogens is 3. The Kier molecular flexibility index (Phi) is 6.76. The fourth-order valence-electron chi connectivity index (χ4n) is 5.65. The number of aryl methyl sites for hydroxylation is 5. The summed E-state index contributed by atoms with van der Waals surface area (Å²) in [5, 5.41) is 14.1. The van der Waals surface area contributed by atoms with E-state index in [4.69, 9.17) is 14.7 Å². The number of hydrogen-bond donors (Lipinski definition) is 1. The van der Waals surface area contributed by atoms with Gasteiger partial charge in [-0.3, -0.25) is 0 Å². The molecule has 3 heterocycles. The molecule has 0 bridgehead atoms. The summed E-state index contributed by atoms with van der Waals surface area (Å²) in [5.74, 6) is 2.02. The zero-order valence-electron chi connectivity index (χ0n) is 23.1. The summed E-state index contributed by atoms with van der Waals surface area (Å²) in [6.07, 6.45) is 1.84. The smallest absolute Gasteiger partial charge is 0.217 e. The van der Waals surface area contributed by atoms with Crippen molar-refractivity contribution in [2.45, 2.75) is 48.5 Å². The number of rotatable bonds is 3. The number of fused-ring (bicyclic) bond motifs is 4. The van der Waals surface area contributed by atoms with E-state index in [-0.39, 0.29) is 26.8 Å². The first-order valence-corrected chi connectivity index (χ1v) is 12.8. The summed E-state index contributed by atoms with van der Waals surface area (Å²) in [7, 11) is 0. The number of phenols is 1. The Morgan fingerprint density at radius 2 is 1.54 bits per heavy atom. The van der Waals surface area contributed by atoms with E-state index < -0.39 is 0 Å². The average Bonchev–Trinajstić information content (AvgIpc) is 3.19. The van der Waals surface area contributed by atoms with Crippen LogP contribution in [0.2, 0.25) is 0 Å². The van der Waals surface area contributed by atoms with Crippen molar-refractivity contribution in [1.29, 1.82) is 0 Å². The van der Waals surface area contributed by atoms with Gasteiger partial charge in [0.2, 0.25) is 5.88 Å². The van der Waals surface area contributed by atoms with E-state index >= 15 is 0 Å². The second-order valence-electron chi connectivity index (χ2n) is 10.4. The molecule has 0 aliphatic rings. The van der Waals surface area contributed by atoms with Gasteiger partial charge in [-0.25, -0.2) is 9.97 Å².